The van der Waals surface area contributed by atoms with Gasteiger partial charge < -0.3 is 5.73 Å². The van der Waals surface area contributed by atoms with Crippen LogP contribution in [0.3, 0.4) is 0 Å². The molecule has 1 atom stereocenters. The molecule has 1 aromatic carbocycles. The second-order valence-electron chi connectivity index (χ2n) is 3.41. The van der Waals surface area contributed by atoms with Crippen molar-refractivity contribution < 1.29 is 8.78 Å². The summed E-state index contributed by atoms with van der Waals surface area (Å²) in [4.78, 5) is 0.796. The maximum atomic E-state index is 12.9. The highest BCUT2D eigenvalue weighted by Crippen LogP contribution is 2.19. The van der Waals surface area contributed by atoms with E-state index in [1.807, 2.05) is 0 Å². The standard InChI is InChI=1S/C10H9F2N3S/c11-7-1-6(2-8(12)4-7)3-9(13)10-5-14-15-16-10/h1-2,4-5,9H,3,13H2. The van der Waals surface area contributed by atoms with Crippen molar-refractivity contribution in [3.05, 3.63) is 46.5 Å². The van der Waals surface area contributed by atoms with Crippen LogP contribution in [0.15, 0.2) is 24.4 Å². The highest BCUT2D eigenvalue weighted by atomic mass is 32.1. The Morgan fingerprint density at radius 2 is 1.94 bits per heavy atom. The van der Waals surface area contributed by atoms with Gasteiger partial charge in [0, 0.05) is 12.1 Å². The molecule has 0 saturated heterocycles. The molecular weight excluding hydrogens is 232 g/mol. The van der Waals surface area contributed by atoms with Crippen molar-refractivity contribution in [3.63, 3.8) is 0 Å². The second-order valence-corrected chi connectivity index (χ2v) is 4.23. The predicted octanol–water partition coefficient (Wildman–Crippen LogP) is 2.06. The van der Waals surface area contributed by atoms with Gasteiger partial charge in [-0.25, -0.2) is 8.78 Å². The summed E-state index contributed by atoms with van der Waals surface area (Å²) in [6.07, 6.45) is 1.92. The van der Waals surface area contributed by atoms with Crippen molar-refractivity contribution >= 4 is 11.5 Å². The summed E-state index contributed by atoms with van der Waals surface area (Å²) >= 11 is 1.19. The molecule has 2 rings (SSSR count). The average molecular weight is 241 g/mol. The minimum absolute atomic E-state index is 0.332. The van der Waals surface area contributed by atoms with Gasteiger partial charge in [-0.1, -0.05) is 4.49 Å². The van der Waals surface area contributed by atoms with E-state index >= 15 is 0 Å². The smallest absolute Gasteiger partial charge is 0.126 e. The minimum atomic E-state index is -0.593. The summed E-state index contributed by atoms with van der Waals surface area (Å²) in [7, 11) is 0. The zero-order valence-electron chi connectivity index (χ0n) is 8.23. The molecule has 0 aliphatic rings. The zero-order valence-corrected chi connectivity index (χ0v) is 9.05. The molecule has 0 radical (unpaired) electrons. The van der Waals surface area contributed by atoms with E-state index in [1.54, 1.807) is 6.20 Å². The lowest BCUT2D eigenvalue weighted by Crippen LogP contribution is -2.12. The molecule has 1 heterocycles. The number of benzene rings is 1. The molecule has 16 heavy (non-hydrogen) atoms. The van der Waals surface area contributed by atoms with E-state index in [0.717, 1.165) is 10.9 Å². The summed E-state index contributed by atoms with van der Waals surface area (Å²) in [5.74, 6) is -1.19. The monoisotopic (exact) mass is 241 g/mol. The highest BCUT2D eigenvalue weighted by Gasteiger charge is 2.11. The number of rotatable bonds is 3. The van der Waals surface area contributed by atoms with Gasteiger partial charge in [-0.3, -0.25) is 0 Å². The number of halogens is 2. The van der Waals surface area contributed by atoms with E-state index in [4.69, 9.17) is 5.73 Å². The fourth-order valence-corrected chi connectivity index (χ4v) is 1.92. The number of hydrogen-bond donors (Lipinski definition) is 1. The Labute approximate surface area is 95.1 Å². The lowest BCUT2D eigenvalue weighted by molar-refractivity contribution is 0.577. The van der Waals surface area contributed by atoms with Crippen molar-refractivity contribution in [2.75, 3.05) is 0 Å². The average Bonchev–Trinajstić information content (AvgIpc) is 2.68. The molecule has 6 heteroatoms. The molecule has 0 fully saturated rings. The van der Waals surface area contributed by atoms with Gasteiger partial charge in [0.15, 0.2) is 0 Å². The molecule has 0 aliphatic carbocycles. The highest BCUT2D eigenvalue weighted by molar-refractivity contribution is 7.05. The van der Waals surface area contributed by atoms with Crippen LogP contribution in [-0.2, 0) is 6.42 Å². The maximum Gasteiger partial charge on any atom is 0.126 e. The summed E-state index contributed by atoms with van der Waals surface area (Å²) < 4.78 is 29.5. The minimum Gasteiger partial charge on any atom is -0.323 e. The van der Waals surface area contributed by atoms with Crippen molar-refractivity contribution in [2.24, 2.45) is 5.73 Å². The Morgan fingerprint density at radius 1 is 1.25 bits per heavy atom. The SMILES string of the molecule is NC(Cc1cc(F)cc(F)c1)c1cnns1. The van der Waals surface area contributed by atoms with Gasteiger partial charge in [-0.05, 0) is 35.6 Å². The Bertz CT molecular complexity index is 453. The normalized spacial score (nSPS) is 12.7. The van der Waals surface area contributed by atoms with Gasteiger partial charge in [0.2, 0.25) is 0 Å². The van der Waals surface area contributed by atoms with E-state index in [0.29, 0.717) is 12.0 Å². The third kappa shape index (κ3) is 2.59. The third-order valence-corrected chi connectivity index (χ3v) is 2.92. The summed E-state index contributed by atoms with van der Waals surface area (Å²) in [5.41, 5.74) is 6.38. The fraction of sp³-hybridized carbons (Fsp3) is 0.200. The quantitative estimate of drug-likeness (QED) is 0.894. The molecule has 0 spiro atoms. The molecule has 3 nitrogen and oxygen atoms in total. The van der Waals surface area contributed by atoms with Crippen molar-refractivity contribution in [1.82, 2.24) is 9.59 Å². The molecule has 2 aromatic rings. The number of nitrogens with two attached hydrogens (primary N) is 1. The number of hydrogen-bond acceptors (Lipinski definition) is 4. The van der Waals surface area contributed by atoms with E-state index < -0.39 is 11.6 Å². The Kier molecular flexibility index (Phi) is 3.21. The van der Waals surface area contributed by atoms with E-state index in [9.17, 15) is 8.78 Å². The van der Waals surface area contributed by atoms with Crippen LogP contribution in [0.25, 0.3) is 0 Å². The van der Waals surface area contributed by atoms with Gasteiger partial charge in [-0.2, -0.15) is 0 Å². The zero-order chi connectivity index (χ0) is 11.5. The first-order valence-electron chi connectivity index (χ1n) is 4.63. The molecule has 1 unspecified atom stereocenters. The molecule has 0 amide bonds. The molecule has 0 bridgehead atoms. The maximum absolute atomic E-state index is 12.9. The van der Waals surface area contributed by atoms with Crippen LogP contribution < -0.4 is 5.73 Å². The Morgan fingerprint density at radius 3 is 2.50 bits per heavy atom. The number of aromatic nitrogens is 2. The first kappa shape index (κ1) is 11.1. The lowest BCUT2D eigenvalue weighted by atomic mass is 10.1. The fourth-order valence-electron chi connectivity index (χ4n) is 1.42. The molecule has 0 aliphatic heterocycles. The Balaban J connectivity index is 2.15. The van der Waals surface area contributed by atoms with Gasteiger partial charge >= 0.3 is 0 Å². The van der Waals surface area contributed by atoms with Crippen molar-refractivity contribution in [3.8, 4) is 0 Å². The largest absolute Gasteiger partial charge is 0.323 e. The summed E-state index contributed by atoms with van der Waals surface area (Å²) in [5, 5.41) is 3.66. The molecular formula is C10H9F2N3S. The van der Waals surface area contributed by atoms with E-state index in [1.165, 1.54) is 23.7 Å². The molecule has 84 valence electrons. The molecule has 0 saturated carbocycles. The van der Waals surface area contributed by atoms with E-state index in [2.05, 4.69) is 9.59 Å². The van der Waals surface area contributed by atoms with Crippen LogP contribution in [0, 0.1) is 11.6 Å². The van der Waals surface area contributed by atoms with Crippen LogP contribution in [0.4, 0.5) is 8.78 Å². The van der Waals surface area contributed by atoms with E-state index in [-0.39, 0.29) is 6.04 Å². The van der Waals surface area contributed by atoms with Crippen LogP contribution in [0.1, 0.15) is 16.5 Å². The van der Waals surface area contributed by atoms with Crippen LogP contribution >= 0.6 is 11.5 Å². The van der Waals surface area contributed by atoms with Crippen molar-refractivity contribution in [2.45, 2.75) is 12.5 Å². The first-order chi connectivity index (χ1) is 7.65. The number of nitrogens with zero attached hydrogens (tertiary/aromatic N) is 2. The predicted molar refractivity (Wildman–Crippen MR) is 56.9 cm³/mol. The van der Waals surface area contributed by atoms with Crippen LogP contribution in [0.2, 0.25) is 0 Å². The summed E-state index contributed by atoms with van der Waals surface area (Å²) in [6.45, 7) is 0. The molecule has 1 aromatic heterocycles. The third-order valence-electron chi connectivity index (χ3n) is 2.12. The lowest BCUT2D eigenvalue weighted by Gasteiger charge is -2.08. The van der Waals surface area contributed by atoms with Gasteiger partial charge in [0.1, 0.15) is 11.6 Å². The second kappa shape index (κ2) is 4.63. The van der Waals surface area contributed by atoms with Crippen LogP contribution in [0.5, 0.6) is 0 Å². The topological polar surface area (TPSA) is 51.8 Å². The summed E-state index contributed by atoms with van der Waals surface area (Å²) in [6, 6.07) is 3.05. The van der Waals surface area contributed by atoms with Crippen molar-refractivity contribution in [1.29, 1.82) is 0 Å². The first-order valence-corrected chi connectivity index (χ1v) is 5.40. The Hall–Kier alpha value is -1.40. The van der Waals surface area contributed by atoms with Crippen LogP contribution in [-0.4, -0.2) is 9.59 Å². The van der Waals surface area contributed by atoms with Gasteiger partial charge in [0.25, 0.3) is 0 Å². The molecule has 2 N–H and O–H groups in total. The van der Waals surface area contributed by atoms with Gasteiger partial charge in [-0.15, -0.1) is 5.10 Å². The van der Waals surface area contributed by atoms with Gasteiger partial charge in [0.05, 0.1) is 11.1 Å².